The number of carboxylic acid groups (broad SMARTS) is 1. The van der Waals surface area contributed by atoms with Crippen LogP contribution in [0.15, 0.2) is 11.3 Å². The number of fused-ring (bicyclic) bond motifs is 1. The minimum absolute atomic E-state index is 0.216. The van der Waals surface area contributed by atoms with E-state index in [-0.39, 0.29) is 23.4 Å². The Balaban J connectivity index is 2.17. The summed E-state index contributed by atoms with van der Waals surface area (Å²) < 4.78 is 0. The summed E-state index contributed by atoms with van der Waals surface area (Å²) in [5.41, 5.74) is 0.0564. The Kier molecular flexibility index (Phi) is 3.96. The van der Waals surface area contributed by atoms with Crippen molar-refractivity contribution in [2.75, 3.05) is 12.4 Å². The molecule has 8 nitrogen and oxygen atoms in total. The van der Waals surface area contributed by atoms with Crippen LogP contribution in [-0.4, -0.2) is 56.7 Å². The number of thioether (sulfide) groups is 1. The highest BCUT2D eigenvalue weighted by atomic mass is 32.2. The van der Waals surface area contributed by atoms with Gasteiger partial charge in [0.2, 0.25) is 5.91 Å². The van der Waals surface area contributed by atoms with Crippen molar-refractivity contribution >= 4 is 29.5 Å². The third-order valence-electron chi connectivity index (χ3n) is 3.00. The van der Waals surface area contributed by atoms with Crippen molar-refractivity contribution in [2.45, 2.75) is 17.8 Å². The summed E-state index contributed by atoms with van der Waals surface area (Å²) in [7, 11) is 0. The predicted molar refractivity (Wildman–Crippen MR) is 67.0 cm³/mol. The number of nitriles is 1. The first kappa shape index (κ1) is 14.4. The fourth-order valence-corrected chi connectivity index (χ4v) is 3.44. The number of carbonyl (C=O) groups is 3. The van der Waals surface area contributed by atoms with Gasteiger partial charge in [0.05, 0.1) is 12.7 Å². The smallest absolute Gasteiger partial charge is 0.352 e. The second kappa shape index (κ2) is 5.52. The number of β-lactam (4-membered cyclic amide) rings is 1. The average Bonchev–Trinajstić information content (AvgIpc) is 2.43. The lowest BCUT2D eigenvalue weighted by Gasteiger charge is -2.49. The van der Waals surface area contributed by atoms with Crippen LogP contribution < -0.4 is 5.32 Å². The second-order valence-electron chi connectivity index (χ2n) is 4.21. The molecular formula is C11H11N3O5S. The van der Waals surface area contributed by atoms with Gasteiger partial charge in [-0.1, -0.05) is 0 Å². The molecule has 0 saturated carbocycles. The van der Waals surface area contributed by atoms with Gasteiger partial charge in [0.15, 0.2) is 0 Å². The lowest BCUT2D eigenvalue weighted by Crippen LogP contribution is -2.70. The zero-order valence-electron chi connectivity index (χ0n) is 10.2. The molecule has 2 amide bonds. The zero-order chi connectivity index (χ0) is 14.9. The first-order valence-corrected chi connectivity index (χ1v) is 6.73. The van der Waals surface area contributed by atoms with Crippen LogP contribution in [0.3, 0.4) is 0 Å². The summed E-state index contributed by atoms with van der Waals surface area (Å²) in [6.07, 6.45) is -0.356. The molecule has 2 atom stereocenters. The lowest BCUT2D eigenvalue weighted by molar-refractivity contribution is -0.150. The number of nitrogens with one attached hydrogen (secondary N) is 1. The van der Waals surface area contributed by atoms with E-state index in [1.54, 1.807) is 6.07 Å². The van der Waals surface area contributed by atoms with Gasteiger partial charge >= 0.3 is 5.97 Å². The number of aliphatic carboxylic acids is 1. The quantitative estimate of drug-likeness (QED) is 0.546. The maximum Gasteiger partial charge on any atom is 0.352 e. The summed E-state index contributed by atoms with van der Waals surface area (Å²) in [5, 5.41) is 28.6. The minimum Gasteiger partial charge on any atom is -0.477 e. The molecule has 2 rings (SSSR count). The van der Waals surface area contributed by atoms with E-state index in [4.69, 9.17) is 15.5 Å². The molecule has 9 heteroatoms. The molecule has 20 heavy (non-hydrogen) atoms. The summed E-state index contributed by atoms with van der Waals surface area (Å²) in [6, 6.07) is 0.847. The van der Waals surface area contributed by atoms with Gasteiger partial charge in [0.1, 0.15) is 23.5 Å². The summed E-state index contributed by atoms with van der Waals surface area (Å²) in [4.78, 5) is 35.5. The number of rotatable bonds is 4. The van der Waals surface area contributed by atoms with Crippen LogP contribution in [0.4, 0.5) is 0 Å². The molecule has 0 unspecified atom stereocenters. The predicted octanol–water partition coefficient (Wildman–Crippen LogP) is -1.37. The van der Waals surface area contributed by atoms with E-state index in [1.807, 2.05) is 0 Å². The van der Waals surface area contributed by atoms with Gasteiger partial charge in [-0.25, -0.2) is 4.79 Å². The fraction of sp³-hybridized carbons (Fsp3) is 0.455. The van der Waals surface area contributed by atoms with Crippen molar-refractivity contribution in [3.63, 3.8) is 0 Å². The van der Waals surface area contributed by atoms with E-state index >= 15 is 0 Å². The van der Waals surface area contributed by atoms with Crippen LogP contribution in [0.2, 0.25) is 0 Å². The van der Waals surface area contributed by atoms with Crippen molar-refractivity contribution in [3.8, 4) is 6.07 Å². The molecule has 106 valence electrons. The molecule has 0 aromatic heterocycles. The zero-order valence-corrected chi connectivity index (χ0v) is 11.0. The van der Waals surface area contributed by atoms with Gasteiger partial charge in [0.25, 0.3) is 5.91 Å². The van der Waals surface area contributed by atoms with Crippen LogP contribution in [0.1, 0.15) is 6.42 Å². The number of hydrogen-bond acceptors (Lipinski definition) is 6. The van der Waals surface area contributed by atoms with E-state index in [2.05, 4.69) is 5.32 Å². The normalized spacial score (nSPS) is 24.6. The molecule has 1 saturated heterocycles. The van der Waals surface area contributed by atoms with Gasteiger partial charge in [-0.3, -0.25) is 14.5 Å². The van der Waals surface area contributed by atoms with E-state index in [1.165, 1.54) is 11.8 Å². The number of carbonyl (C=O) groups excluding carboxylic acids is 2. The minimum atomic E-state index is -1.28. The van der Waals surface area contributed by atoms with E-state index in [0.29, 0.717) is 0 Å². The van der Waals surface area contributed by atoms with Crippen LogP contribution in [0.25, 0.3) is 0 Å². The van der Waals surface area contributed by atoms with Crippen molar-refractivity contribution in [1.29, 1.82) is 5.26 Å². The Bertz CT molecular complexity index is 553. The molecule has 0 aromatic rings. The molecule has 2 aliphatic heterocycles. The summed E-state index contributed by atoms with van der Waals surface area (Å²) >= 11 is 1.26. The van der Waals surface area contributed by atoms with Crippen molar-refractivity contribution in [3.05, 3.63) is 11.3 Å². The van der Waals surface area contributed by atoms with Gasteiger partial charge < -0.3 is 15.5 Å². The second-order valence-corrected chi connectivity index (χ2v) is 5.31. The number of amides is 2. The maximum atomic E-state index is 11.9. The lowest BCUT2D eigenvalue weighted by atomic mass is 10.0. The molecule has 2 heterocycles. The Labute approximate surface area is 118 Å². The number of aliphatic hydroxyl groups excluding tert-OH is 1. The highest BCUT2D eigenvalue weighted by Gasteiger charge is 2.53. The van der Waals surface area contributed by atoms with Crippen LogP contribution in [-0.2, 0) is 14.4 Å². The molecule has 0 radical (unpaired) electrons. The fourth-order valence-electron chi connectivity index (χ4n) is 2.10. The van der Waals surface area contributed by atoms with Crippen molar-refractivity contribution in [1.82, 2.24) is 10.2 Å². The first-order chi connectivity index (χ1) is 9.51. The number of carboxylic acids is 1. The monoisotopic (exact) mass is 297 g/mol. The first-order valence-electron chi connectivity index (χ1n) is 5.68. The Hall–Kier alpha value is -2.05. The van der Waals surface area contributed by atoms with Crippen LogP contribution in [0.5, 0.6) is 0 Å². The van der Waals surface area contributed by atoms with Gasteiger partial charge in [-0.2, -0.15) is 5.26 Å². The number of nitrogens with zero attached hydrogens (tertiary/aromatic N) is 2. The van der Waals surface area contributed by atoms with Crippen molar-refractivity contribution < 1.29 is 24.6 Å². The number of aliphatic hydroxyl groups is 1. The summed E-state index contributed by atoms with van der Waals surface area (Å²) in [5.74, 6) is -2.12. The third kappa shape index (κ3) is 2.23. The number of hydrogen-bond donors (Lipinski definition) is 3. The van der Waals surface area contributed by atoms with Gasteiger partial charge in [0, 0.05) is 5.75 Å². The molecule has 2 aliphatic rings. The van der Waals surface area contributed by atoms with Crippen LogP contribution in [0, 0.1) is 11.3 Å². The molecule has 0 bridgehead atoms. The van der Waals surface area contributed by atoms with E-state index in [0.717, 1.165) is 4.90 Å². The highest BCUT2D eigenvalue weighted by molar-refractivity contribution is 8.00. The van der Waals surface area contributed by atoms with Crippen LogP contribution >= 0.6 is 11.8 Å². The van der Waals surface area contributed by atoms with Gasteiger partial charge in [-0.15, -0.1) is 11.8 Å². The van der Waals surface area contributed by atoms with Crippen molar-refractivity contribution in [2.24, 2.45) is 0 Å². The Morgan fingerprint density at radius 1 is 1.55 bits per heavy atom. The highest BCUT2D eigenvalue weighted by Crippen LogP contribution is 2.40. The van der Waals surface area contributed by atoms with E-state index in [9.17, 15) is 14.4 Å². The topological polar surface area (TPSA) is 131 Å². The maximum absolute atomic E-state index is 11.9. The largest absolute Gasteiger partial charge is 0.477 e. The van der Waals surface area contributed by atoms with E-state index < -0.39 is 35.8 Å². The SMILES string of the molecule is N#CCC(=O)N[C@@H]1C(=O)N2C(C(=O)O)=C(CO)CS[C@H]12. The molecule has 1 fully saturated rings. The molecular weight excluding hydrogens is 286 g/mol. The molecule has 0 aliphatic carbocycles. The summed E-state index contributed by atoms with van der Waals surface area (Å²) in [6.45, 7) is -0.434. The Morgan fingerprint density at radius 2 is 2.25 bits per heavy atom. The standard InChI is InChI=1S/C11H11N3O5S/c12-2-1-6(16)13-7-9(17)14-8(11(18)19)5(3-15)4-20-10(7)14/h7,10,15H,1,3-4H2,(H,13,16)(H,18,19)/t7-,10-/m1/s1. The molecule has 0 aromatic carbocycles. The van der Waals surface area contributed by atoms with Gasteiger partial charge in [-0.05, 0) is 5.57 Å². The average molecular weight is 297 g/mol. The molecule has 3 N–H and O–H groups in total. The Morgan fingerprint density at radius 3 is 2.80 bits per heavy atom. The third-order valence-corrected chi connectivity index (χ3v) is 4.34. The molecule has 0 spiro atoms.